The summed E-state index contributed by atoms with van der Waals surface area (Å²) in [4.78, 5) is 0. The third-order valence-electron chi connectivity index (χ3n) is 3.17. The van der Waals surface area contributed by atoms with Crippen molar-refractivity contribution in [2.45, 2.75) is 25.9 Å². The van der Waals surface area contributed by atoms with Gasteiger partial charge in [-0.25, -0.2) is 0 Å². The van der Waals surface area contributed by atoms with Crippen LogP contribution in [0.2, 0.25) is 0 Å². The summed E-state index contributed by atoms with van der Waals surface area (Å²) in [7, 11) is 2.05. The largest absolute Gasteiger partial charge is 0.311 e. The van der Waals surface area contributed by atoms with E-state index in [1.54, 1.807) is 0 Å². The van der Waals surface area contributed by atoms with E-state index in [1.165, 1.54) is 23.6 Å². The molecule has 1 aromatic heterocycles. The van der Waals surface area contributed by atoms with Gasteiger partial charge in [0.2, 0.25) is 0 Å². The maximum Gasteiger partial charge on any atom is 0.0698 e. The predicted octanol–water partition coefficient (Wildman–Crippen LogP) is 2.68. The number of nitrogens with zero attached hydrogens (tertiary/aromatic N) is 2. The fourth-order valence-electron chi connectivity index (χ4n) is 2.34. The van der Waals surface area contributed by atoms with E-state index in [1.807, 2.05) is 13.2 Å². The zero-order valence-electron chi connectivity index (χ0n) is 9.74. The van der Waals surface area contributed by atoms with Crippen LogP contribution in [0.5, 0.6) is 0 Å². The SMILES string of the molecule is CCn1ncc(Br)c1C(NC)C1CCSC1. The fourth-order valence-corrected chi connectivity index (χ4v) is 4.19. The summed E-state index contributed by atoms with van der Waals surface area (Å²) in [5, 5.41) is 7.86. The molecule has 1 fully saturated rings. The lowest BCUT2D eigenvalue weighted by Gasteiger charge is -2.23. The predicted molar refractivity (Wildman–Crippen MR) is 72.8 cm³/mol. The smallest absolute Gasteiger partial charge is 0.0698 e. The molecule has 2 rings (SSSR count). The maximum absolute atomic E-state index is 4.40. The van der Waals surface area contributed by atoms with Gasteiger partial charge in [-0.2, -0.15) is 16.9 Å². The van der Waals surface area contributed by atoms with Gasteiger partial charge < -0.3 is 5.32 Å². The Balaban J connectivity index is 2.27. The standard InChI is InChI=1S/C11H18BrN3S/c1-3-15-11(9(12)6-14-15)10(13-2)8-4-5-16-7-8/h6,8,10,13H,3-5,7H2,1-2H3. The van der Waals surface area contributed by atoms with Crippen molar-refractivity contribution in [2.24, 2.45) is 5.92 Å². The van der Waals surface area contributed by atoms with E-state index in [9.17, 15) is 0 Å². The molecular weight excluding hydrogens is 286 g/mol. The highest BCUT2D eigenvalue weighted by Gasteiger charge is 2.29. The number of halogens is 1. The van der Waals surface area contributed by atoms with Crippen molar-refractivity contribution in [3.63, 3.8) is 0 Å². The lowest BCUT2D eigenvalue weighted by Crippen LogP contribution is -2.28. The molecule has 3 nitrogen and oxygen atoms in total. The molecule has 0 radical (unpaired) electrons. The highest BCUT2D eigenvalue weighted by Crippen LogP contribution is 2.36. The molecule has 90 valence electrons. The van der Waals surface area contributed by atoms with Crippen molar-refractivity contribution in [3.05, 3.63) is 16.4 Å². The van der Waals surface area contributed by atoms with E-state index >= 15 is 0 Å². The summed E-state index contributed by atoms with van der Waals surface area (Å²) in [6.45, 7) is 3.07. The van der Waals surface area contributed by atoms with Gasteiger partial charge in [-0.05, 0) is 53.7 Å². The van der Waals surface area contributed by atoms with Gasteiger partial charge in [0.25, 0.3) is 0 Å². The second-order valence-electron chi connectivity index (χ2n) is 4.08. The van der Waals surface area contributed by atoms with Gasteiger partial charge in [-0.1, -0.05) is 0 Å². The Labute approximate surface area is 109 Å². The van der Waals surface area contributed by atoms with Crippen LogP contribution < -0.4 is 5.32 Å². The zero-order chi connectivity index (χ0) is 11.5. The van der Waals surface area contributed by atoms with Crippen LogP contribution in [-0.4, -0.2) is 28.3 Å². The normalized spacial score (nSPS) is 22.6. The van der Waals surface area contributed by atoms with Gasteiger partial charge in [0.1, 0.15) is 0 Å². The highest BCUT2D eigenvalue weighted by atomic mass is 79.9. The first kappa shape index (κ1) is 12.5. The first-order valence-corrected chi connectivity index (χ1v) is 7.69. The molecule has 0 aromatic carbocycles. The molecule has 1 N–H and O–H groups in total. The van der Waals surface area contributed by atoms with Crippen LogP contribution in [0.1, 0.15) is 25.1 Å². The van der Waals surface area contributed by atoms with Crippen LogP contribution in [0.15, 0.2) is 10.7 Å². The van der Waals surface area contributed by atoms with E-state index in [-0.39, 0.29) is 0 Å². The number of thioether (sulfide) groups is 1. The van der Waals surface area contributed by atoms with Crippen LogP contribution in [0.3, 0.4) is 0 Å². The van der Waals surface area contributed by atoms with Crippen molar-refractivity contribution in [1.29, 1.82) is 0 Å². The molecule has 1 aromatic rings. The minimum Gasteiger partial charge on any atom is -0.311 e. The van der Waals surface area contributed by atoms with Crippen molar-refractivity contribution in [2.75, 3.05) is 18.6 Å². The van der Waals surface area contributed by atoms with Crippen molar-refractivity contribution < 1.29 is 0 Å². The molecule has 2 heterocycles. The summed E-state index contributed by atoms with van der Waals surface area (Å²) in [5.74, 6) is 3.28. The monoisotopic (exact) mass is 303 g/mol. The Morgan fingerprint density at radius 3 is 3.12 bits per heavy atom. The summed E-state index contributed by atoms with van der Waals surface area (Å²) < 4.78 is 3.22. The minimum absolute atomic E-state index is 0.423. The number of nitrogens with one attached hydrogen (secondary N) is 1. The molecule has 0 saturated carbocycles. The van der Waals surface area contributed by atoms with Gasteiger partial charge in [0, 0.05) is 6.54 Å². The van der Waals surface area contributed by atoms with Crippen molar-refractivity contribution >= 4 is 27.7 Å². The summed E-state index contributed by atoms with van der Waals surface area (Å²) >= 11 is 5.67. The van der Waals surface area contributed by atoms with E-state index < -0.39 is 0 Å². The zero-order valence-corrected chi connectivity index (χ0v) is 12.1. The molecule has 1 aliphatic rings. The molecule has 0 amide bonds. The molecule has 0 bridgehead atoms. The van der Waals surface area contributed by atoms with Crippen LogP contribution in [0, 0.1) is 5.92 Å². The number of aryl methyl sites for hydroxylation is 1. The van der Waals surface area contributed by atoms with E-state index in [0.29, 0.717) is 6.04 Å². The number of rotatable bonds is 4. The van der Waals surface area contributed by atoms with Gasteiger partial charge in [0.05, 0.1) is 22.4 Å². The molecule has 2 unspecified atom stereocenters. The van der Waals surface area contributed by atoms with E-state index in [4.69, 9.17) is 0 Å². The molecule has 1 saturated heterocycles. The lowest BCUT2D eigenvalue weighted by atomic mass is 9.96. The van der Waals surface area contributed by atoms with Crippen molar-refractivity contribution in [3.8, 4) is 0 Å². The summed E-state index contributed by atoms with van der Waals surface area (Å²) in [6, 6.07) is 0.423. The van der Waals surface area contributed by atoms with E-state index in [2.05, 4.69) is 49.7 Å². The first-order chi connectivity index (χ1) is 7.77. The Kier molecular flexibility index (Phi) is 4.33. The molecule has 5 heteroatoms. The average Bonchev–Trinajstić information content (AvgIpc) is 2.91. The highest BCUT2D eigenvalue weighted by molar-refractivity contribution is 9.10. The minimum atomic E-state index is 0.423. The van der Waals surface area contributed by atoms with Gasteiger partial charge >= 0.3 is 0 Å². The van der Waals surface area contributed by atoms with E-state index in [0.717, 1.165) is 16.9 Å². The molecule has 2 atom stereocenters. The van der Waals surface area contributed by atoms with Gasteiger partial charge in [0.15, 0.2) is 0 Å². The fraction of sp³-hybridized carbons (Fsp3) is 0.727. The number of hydrogen-bond acceptors (Lipinski definition) is 3. The Bertz CT molecular complexity index is 347. The Morgan fingerprint density at radius 1 is 1.75 bits per heavy atom. The number of hydrogen-bond donors (Lipinski definition) is 1. The molecule has 1 aliphatic heterocycles. The maximum atomic E-state index is 4.40. The lowest BCUT2D eigenvalue weighted by molar-refractivity contribution is 0.390. The summed E-state index contributed by atoms with van der Waals surface area (Å²) in [6.07, 6.45) is 3.21. The first-order valence-electron chi connectivity index (χ1n) is 5.74. The average molecular weight is 304 g/mol. The number of aromatic nitrogens is 2. The quantitative estimate of drug-likeness (QED) is 0.927. The Morgan fingerprint density at radius 2 is 2.56 bits per heavy atom. The van der Waals surface area contributed by atoms with Crippen LogP contribution >= 0.6 is 27.7 Å². The molecule has 16 heavy (non-hydrogen) atoms. The molecular formula is C11H18BrN3S. The third-order valence-corrected chi connectivity index (χ3v) is 4.97. The van der Waals surface area contributed by atoms with Crippen LogP contribution in [-0.2, 0) is 6.54 Å². The second-order valence-corrected chi connectivity index (χ2v) is 6.09. The summed E-state index contributed by atoms with van der Waals surface area (Å²) in [5.41, 5.74) is 1.30. The second kappa shape index (κ2) is 5.56. The van der Waals surface area contributed by atoms with Crippen molar-refractivity contribution in [1.82, 2.24) is 15.1 Å². The molecule has 0 aliphatic carbocycles. The van der Waals surface area contributed by atoms with Crippen LogP contribution in [0.25, 0.3) is 0 Å². The van der Waals surface area contributed by atoms with Gasteiger partial charge in [-0.3, -0.25) is 4.68 Å². The van der Waals surface area contributed by atoms with Crippen LogP contribution in [0.4, 0.5) is 0 Å². The van der Waals surface area contributed by atoms with Gasteiger partial charge in [-0.15, -0.1) is 0 Å². The Hall–Kier alpha value is -0.0000000000000000555. The molecule has 0 spiro atoms. The third kappa shape index (κ3) is 2.31. The topological polar surface area (TPSA) is 29.9 Å².